The lowest BCUT2D eigenvalue weighted by Crippen LogP contribution is -2.48. The van der Waals surface area contributed by atoms with E-state index in [1.54, 1.807) is 12.3 Å². The van der Waals surface area contributed by atoms with Gasteiger partial charge in [-0.05, 0) is 11.6 Å². The second-order valence-electron chi connectivity index (χ2n) is 6.93. The van der Waals surface area contributed by atoms with Crippen LogP contribution in [-0.2, 0) is 9.53 Å². The maximum Gasteiger partial charge on any atom is 0.246 e. The number of carbonyl (C=O) groups excluding carboxylic acids is 1. The maximum atomic E-state index is 12.5. The lowest BCUT2D eigenvalue weighted by atomic mass is 10.2. The predicted molar refractivity (Wildman–Crippen MR) is 109 cm³/mol. The molecule has 7 nitrogen and oxygen atoms in total. The standard InChI is InChI=1S/C21H25N5O2/c27-21(7-6-18-4-2-1-3-5-18)26-10-8-24(9-11-26)19-16-20(23-22-17-19)25-12-14-28-15-13-25/h1-7,16-17H,8-15H2/b7-6+. The molecule has 1 aromatic carbocycles. The van der Waals surface area contributed by atoms with Crippen molar-refractivity contribution in [1.29, 1.82) is 0 Å². The highest BCUT2D eigenvalue weighted by Crippen LogP contribution is 2.21. The molecule has 0 N–H and O–H groups in total. The van der Waals surface area contributed by atoms with Gasteiger partial charge in [0.05, 0.1) is 25.1 Å². The Kier molecular flexibility index (Phi) is 5.82. The van der Waals surface area contributed by atoms with E-state index in [0.717, 1.165) is 56.5 Å². The highest BCUT2D eigenvalue weighted by Gasteiger charge is 2.21. The van der Waals surface area contributed by atoms with Gasteiger partial charge in [0.15, 0.2) is 5.82 Å². The first-order chi connectivity index (χ1) is 13.8. The minimum atomic E-state index is 0.0605. The van der Waals surface area contributed by atoms with Gasteiger partial charge in [0.1, 0.15) is 0 Å². The largest absolute Gasteiger partial charge is 0.378 e. The van der Waals surface area contributed by atoms with Crippen LogP contribution in [0.4, 0.5) is 11.5 Å². The zero-order valence-electron chi connectivity index (χ0n) is 15.9. The van der Waals surface area contributed by atoms with E-state index < -0.39 is 0 Å². The summed E-state index contributed by atoms with van der Waals surface area (Å²) in [5, 5.41) is 8.46. The molecule has 7 heteroatoms. The average molecular weight is 379 g/mol. The lowest BCUT2D eigenvalue weighted by Gasteiger charge is -2.36. The smallest absolute Gasteiger partial charge is 0.246 e. The van der Waals surface area contributed by atoms with E-state index in [-0.39, 0.29) is 5.91 Å². The van der Waals surface area contributed by atoms with E-state index in [4.69, 9.17) is 4.74 Å². The molecule has 0 unspecified atom stereocenters. The number of ether oxygens (including phenoxy) is 1. The van der Waals surface area contributed by atoms with Crippen LogP contribution >= 0.6 is 0 Å². The first-order valence-electron chi connectivity index (χ1n) is 9.72. The van der Waals surface area contributed by atoms with Crippen molar-refractivity contribution < 1.29 is 9.53 Å². The molecule has 1 amide bonds. The molecule has 0 atom stereocenters. The van der Waals surface area contributed by atoms with Crippen molar-refractivity contribution in [3.05, 3.63) is 54.2 Å². The molecule has 2 aromatic rings. The average Bonchev–Trinajstić information content (AvgIpc) is 2.79. The molecule has 0 aliphatic carbocycles. The van der Waals surface area contributed by atoms with Gasteiger partial charge >= 0.3 is 0 Å². The van der Waals surface area contributed by atoms with Crippen LogP contribution in [0.1, 0.15) is 5.56 Å². The van der Waals surface area contributed by atoms with Crippen LogP contribution in [0.3, 0.4) is 0 Å². The van der Waals surface area contributed by atoms with Crippen LogP contribution in [0.2, 0.25) is 0 Å². The number of piperazine rings is 1. The third-order valence-electron chi connectivity index (χ3n) is 5.14. The van der Waals surface area contributed by atoms with Crippen molar-refractivity contribution in [2.45, 2.75) is 0 Å². The molecule has 2 aliphatic rings. The molecule has 0 bridgehead atoms. The van der Waals surface area contributed by atoms with Gasteiger partial charge in [-0.1, -0.05) is 30.3 Å². The SMILES string of the molecule is O=C(/C=C/c1ccccc1)N1CCN(c2cnnc(N3CCOCC3)c2)CC1. The van der Waals surface area contributed by atoms with Gasteiger partial charge in [-0.3, -0.25) is 4.79 Å². The van der Waals surface area contributed by atoms with E-state index in [1.807, 2.05) is 41.3 Å². The Labute approximate surface area is 165 Å². The van der Waals surface area contributed by atoms with Crippen molar-refractivity contribution in [3.63, 3.8) is 0 Å². The Hall–Kier alpha value is -2.93. The Bertz CT molecular complexity index is 813. The molecule has 2 fully saturated rings. The van der Waals surface area contributed by atoms with Gasteiger partial charge in [-0.2, -0.15) is 5.10 Å². The Balaban J connectivity index is 1.34. The summed E-state index contributed by atoms with van der Waals surface area (Å²) in [5.41, 5.74) is 2.09. The topological polar surface area (TPSA) is 61.8 Å². The molecular weight excluding hydrogens is 354 g/mol. The summed E-state index contributed by atoms with van der Waals surface area (Å²) >= 11 is 0. The molecule has 1 aromatic heterocycles. The highest BCUT2D eigenvalue weighted by atomic mass is 16.5. The number of carbonyl (C=O) groups is 1. The second-order valence-corrected chi connectivity index (χ2v) is 6.93. The fourth-order valence-electron chi connectivity index (χ4n) is 3.49. The summed E-state index contributed by atoms with van der Waals surface area (Å²) < 4.78 is 5.41. The number of aromatic nitrogens is 2. The van der Waals surface area contributed by atoms with Crippen molar-refractivity contribution in [3.8, 4) is 0 Å². The number of rotatable bonds is 4. The van der Waals surface area contributed by atoms with Crippen LogP contribution in [0.15, 0.2) is 48.7 Å². The molecule has 2 saturated heterocycles. The summed E-state index contributed by atoms with van der Waals surface area (Å²) in [7, 11) is 0. The monoisotopic (exact) mass is 379 g/mol. The molecule has 2 aliphatic heterocycles. The van der Waals surface area contributed by atoms with Crippen LogP contribution in [0.5, 0.6) is 0 Å². The summed E-state index contributed by atoms with van der Waals surface area (Å²) in [4.78, 5) is 18.8. The third-order valence-corrected chi connectivity index (χ3v) is 5.14. The quantitative estimate of drug-likeness (QED) is 0.754. The van der Waals surface area contributed by atoms with Crippen LogP contribution in [0, 0.1) is 0 Å². The van der Waals surface area contributed by atoms with Gasteiger partial charge in [0, 0.05) is 51.4 Å². The Morgan fingerprint density at radius 2 is 1.71 bits per heavy atom. The Morgan fingerprint density at radius 3 is 2.46 bits per heavy atom. The number of anilines is 2. The van der Waals surface area contributed by atoms with E-state index >= 15 is 0 Å². The molecule has 146 valence electrons. The fraction of sp³-hybridized carbons (Fsp3) is 0.381. The summed E-state index contributed by atoms with van der Waals surface area (Å²) in [6.45, 7) is 6.12. The van der Waals surface area contributed by atoms with Crippen molar-refractivity contribution in [2.24, 2.45) is 0 Å². The normalized spacial score (nSPS) is 17.9. The fourth-order valence-corrected chi connectivity index (χ4v) is 3.49. The van der Waals surface area contributed by atoms with Gasteiger partial charge in [0.2, 0.25) is 5.91 Å². The number of morpholine rings is 1. The summed E-state index contributed by atoms with van der Waals surface area (Å²) in [6, 6.07) is 12.0. The molecule has 4 rings (SSSR count). The van der Waals surface area contributed by atoms with Gasteiger partial charge in [-0.15, -0.1) is 5.10 Å². The number of benzene rings is 1. The van der Waals surface area contributed by atoms with Gasteiger partial charge in [0.25, 0.3) is 0 Å². The first-order valence-corrected chi connectivity index (χ1v) is 9.72. The van der Waals surface area contributed by atoms with E-state index in [1.165, 1.54) is 0 Å². The Morgan fingerprint density at radius 1 is 0.964 bits per heavy atom. The van der Waals surface area contributed by atoms with E-state index in [2.05, 4.69) is 26.1 Å². The molecular formula is C21H25N5O2. The minimum absolute atomic E-state index is 0.0605. The van der Waals surface area contributed by atoms with Crippen LogP contribution in [0.25, 0.3) is 6.08 Å². The zero-order valence-corrected chi connectivity index (χ0v) is 15.9. The molecule has 3 heterocycles. The van der Waals surface area contributed by atoms with E-state index in [9.17, 15) is 4.79 Å². The zero-order chi connectivity index (χ0) is 19.2. The van der Waals surface area contributed by atoms with Crippen molar-refractivity contribution in [2.75, 3.05) is 62.3 Å². The number of hydrogen-bond donors (Lipinski definition) is 0. The van der Waals surface area contributed by atoms with Crippen molar-refractivity contribution in [1.82, 2.24) is 15.1 Å². The molecule has 0 spiro atoms. The molecule has 28 heavy (non-hydrogen) atoms. The number of amides is 1. The lowest BCUT2D eigenvalue weighted by molar-refractivity contribution is -0.126. The minimum Gasteiger partial charge on any atom is -0.378 e. The maximum absolute atomic E-state index is 12.5. The second kappa shape index (κ2) is 8.84. The predicted octanol–water partition coefficient (Wildman–Crippen LogP) is 1.68. The molecule has 0 radical (unpaired) electrons. The third kappa shape index (κ3) is 4.48. The van der Waals surface area contributed by atoms with E-state index in [0.29, 0.717) is 13.1 Å². The van der Waals surface area contributed by atoms with Crippen molar-refractivity contribution >= 4 is 23.5 Å². The first kappa shape index (κ1) is 18.4. The van der Waals surface area contributed by atoms with Gasteiger partial charge in [-0.25, -0.2) is 0 Å². The summed E-state index contributed by atoms with van der Waals surface area (Å²) in [5.74, 6) is 0.954. The summed E-state index contributed by atoms with van der Waals surface area (Å²) in [6.07, 6.45) is 5.34. The van der Waals surface area contributed by atoms with Crippen LogP contribution in [-0.4, -0.2) is 73.5 Å². The number of nitrogens with zero attached hydrogens (tertiary/aromatic N) is 5. The van der Waals surface area contributed by atoms with Crippen LogP contribution < -0.4 is 9.80 Å². The number of hydrogen-bond acceptors (Lipinski definition) is 6. The highest BCUT2D eigenvalue weighted by molar-refractivity contribution is 5.92. The van der Waals surface area contributed by atoms with Gasteiger partial charge < -0.3 is 19.4 Å². The molecule has 0 saturated carbocycles.